The van der Waals surface area contributed by atoms with Crippen molar-refractivity contribution in [3.05, 3.63) is 41.7 Å². The Morgan fingerprint density at radius 3 is 2.35 bits per heavy atom. The fourth-order valence-corrected chi connectivity index (χ4v) is 6.64. The highest BCUT2D eigenvalue weighted by Crippen LogP contribution is 2.38. The highest BCUT2D eigenvalue weighted by molar-refractivity contribution is 6.60. The Balaban J connectivity index is 1.19. The Kier molecular flexibility index (Phi) is 11.0. The number of piperazine rings is 1. The maximum atomic E-state index is 13.8. The number of carbonyl (C=O) groups excluding carboxylic acids is 3. The third kappa shape index (κ3) is 8.74. The molecule has 2 saturated heterocycles. The summed E-state index contributed by atoms with van der Waals surface area (Å²) in [6, 6.07) is 8.98. The van der Waals surface area contributed by atoms with E-state index in [2.05, 4.69) is 41.0 Å². The van der Waals surface area contributed by atoms with Crippen molar-refractivity contribution in [1.82, 2.24) is 40.0 Å². The lowest BCUT2D eigenvalue weighted by atomic mass is 9.49. The van der Waals surface area contributed by atoms with Crippen LogP contribution in [0.3, 0.4) is 0 Å². The standard InChI is InChI=1S/C33H41B3N10O5/c1-43-26(32(50)46-10-8-21(9-11-46)45-14-12-44(13-15-45)16-17-47)18-24(42-43)22-4-3-5-23(29(22)51-2)37-25-19-27(38-30(48)20-6-7-20)40-41-28(25)31(49)39-33(34,35)36/h3-5,18-21,47H,6-17H2,1-2H3,(H,39,49)(H2,37,38,40,48). The Bertz CT molecular complexity index is 1750. The summed E-state index contributed by atoms with van der Waals surface area (Å²) in [4.78, 5) is 45.9. The first-order valence-corrected chi connectivity index (χ1v) is 17.2. The average molecular weight is 690 g/mol. The molecule has 2 aromatic heterocycles. The molecule has 3 aromatic rings. The van der Waals surface area contributed by atoms with Gasteiger partial charge in [0.2, 0.25) is 5.91 Å². The van der Waals surface area contributed by atoms with E-state index in [0.717, 1.165) is 51.9 Å². The number of β-amino-alcohol motifs (C(OH)–C–C–N with tert-alkyl or cyclic N) is 1. The van der Waals surface area contributed by atoms with Gasteiger partial charge in [-0.25, -0.2) is 0 Å². The number of rotatable bonds is 12. The third-order valence-electron chi connectivity index (χ3n) is 9.49. The molecule has 3 aliphatic rings. The zero-order chi connectivity index (χ0) is 36.3. The number of benzene rings is 1. The number of aliphatic hydroxyl groups is 1. The molecule has 2 aliphatic heterocycles. The molecular weight excluding hydrogens is 649 g/mol. The number of carbonyl (C=O) groups is 3. The topological polar surface area (TPSA) is 170 Å². The summed E-state index contributed by atoms with van der Waals surface area (Å²) in [6.07, 6.45) is 3.39. The Labute approximate surface area is 301 Å². The van der Waals surface area contributed by atoms with Crippen molar-refractivity contribution < 1.29 is 24.2 Å². The summed E-state index contributed by atoms with van der Waals surface area (Å²) in [6.45, 7) is 6.04. The van der Waals surface area contributed by atoms with Gasteiger partial charge < -0.3 is 30.7 Å². The summed E-state index contributed by atoms with van der Waals surface area (Å²) < 4.78 is 7.42. The maximum Gasteiger partial charge on any atom is 0.272 e. The van der Waals surface area contributed by atoms with Gasteiger partial charge in [0.25, 0.3) is 11.8 Å². The minimum atomic E-state index is -2.02. The quantitative estimate of drug-likeness (QED) is 0.189. The van der Waals surface area contributed by atoms with E-state index in [4.69, 9.17) is 28.3 Å². The molecule has 1 aromatic carbocycles. The van der Waals surface area contributed by atoms with Gasteiger partial charge in [0.15, 0.2) is 17.3 Å². The van der Waals surface area contributed by atoms with Gasteiger partial charge in [0, 0.05) is 76.5 Å². The van der Waals surface area contributed by atoms with Crippen LogP contribution in [-0.2, 0) is 11.8 Å². The monoisotopic (exact) mass is 690 g/mol. The number of aliphatic hydroxyl groups excluding tert-OH is 1. The Morgan fingerprint density at radius 2 is 1.71 bits per heavy atom. The van der Waals surface area contributed by atoms with E-state index in [1.165, 1.54) is 13.2 Å². The van der Waals surface area contributed by atoms with E-state index in [9.17, 15) is 19.5 Å². The van der Waals surface area contributed by atoms with Crippen LogP contribution < -0.4 is 20.7 Å². The lowest BCUT2D eigenvalue weighted by molar-refractivity contribution is -0.117. The number of aryl methyl sites for hydroxylation is 1. The molecule has 6 rings (SSSR count). The number of methoxy groups -OCH3 is 1. The molecule has 0 atom stereocenters. The fraction of sp³-hybridized carbons (Fsp3) is 0.515. The maximum absolute atomic E-state index is 13.8. The molecule has 0 bridgehead atoms. The summed E-state index contributed by atoms with van der Waals surface area (Å²) in [5.41, 5.74) is 1.98. The van der Waals surface area contributed by atoms with Crippen LogP contribution >= 0.6 is 0 Å². The van der Waals surface area contributed by atoms with Crippen LogP contribution in [0.15, 0.2) is 30.3 Å². The van der Waals surface area contributed by atoms with Crippen molar-refractivity contribution in [2.75, 3.05) is 70.2 Å². The Hall–Kier alpha value is -4.41. The second-order valence-corrected chi connectivity index (χ2v) is 13.3. The van der Waals surface area contributed by atoms with Gasteiger partial charge in [0.05, 0.1) is 54.3 Å². The molecule has 4 heterocycles. The van der Waals surface area contributed by atoms with E-state index in [0.29, 0.717) is 54.1 Å². The minimum Gasteiger partial charge on any atom is -0.494 e. The first kappa shape index (κ1) is 36.4. The number of amides is 3. The van der Waals surface area contributed by atoms with Gasteiger partial charge in [-0.3, -0.25) is 28.9 Å². The number of hydrogen-bond donors (Lipinski definition) is 4. The number of nitrogens with zero attached hydrogens (tertiary/aromatic N) is 7. The van der Waals surface area contributed by atoms with Gasteiger partial charge >= 0.3 is 0 Å². The summed E-state index contributed by atoms with van der Waals surface area (Å²) in [7, 11) is 20.1. The first-order chi connectivity index (χ1) is 24.4. The second-order valence-electron chi connectivity index (χ2n) is 13.3. The number of likely N-dealkylation sites (tertiary alicyclic amines) is 1. The zero-order valence-electron chi connectivity index (χ0n) is 29.0. The highest BCUT2D eigenvalue weighted by atomic mass is 16.5. The van der Waals surface area contributed by atoms with Gasteiger partial charge in [-0.2, -0.15) is 5.10 Å². The summed E-state index contributed by atoms with van der Waals surface area (Å²) in [5.74, 6) is -0.640. The molecule has 262 valence electrons. The smallest absolute Gasteiger partial charge is 0.272 e. The van der Waals surface area contributed by atoms with Gasteiger partial charge in [-0.15, -0.1) is 10.2 Å². The molecule has 6 radical (unpaired) electrons. The van der Waals surface area contributed by atoms with Crippen LogP contribution in [0.2, 0.25) is 0 Å². The van der Waals surface area contributed by atoms with E-state index in [-0.39, 0.29) is 41.5 Å². The van der Waals surface area contributed by atoms with Gasteiger partial charge in [-0.05, 0) is 43.9 Å². The minimum absolute atomic E-state index is 0.0815. The SMILES string of the molecule is [B]C([B])([B])NC(=O)c1nnc(NC(=O)C2CC2)cc1Nc1cccc(-c2cc(C(=O)N3CCC(N4CCN(CCO)CC4)CC3)n(C)n2)c1OC. The summed E-state index contributed by atoms with van der Waals surface area (Å²) >= 11 is 0. The molecule has 3 amide bonds. The molecule has 0 unspecified atom stereocenters. The Morgan fingerprint density at radius 1 is 0.980 bits per heavy atom. The summed E-state index contributed by atoms with van der Waals surface area (Å²) in [5, 5.41) is 28.1. The van der Waals surface area contributed by atoms with Crippen LogP contribution in [0.1, 0.15) is 46.7 Å². The molecule has 18 heteroatoms. The predicted molar refractivity (Wildman–Crippen MR) is 193 cm³/mol. The number of anilines is 3. The molecule has 4 N–H and O–H groups in total. The lowest BCUT2D eigenvalue weighted by Gasteiger charge is -2.42. The van der Waals surface area contributed by atoms with Crippen LogP contribution in [0, 0.1) is 5.92 Å². The number of aromatic nitrogens is 4. The fourth-order valence-electron chi connectivity index (χ4n) is 6.64. The predicted octanol–water partition coefficient (Wildman–Crippen LogP) is 0.0389. The van der Waals surface area contributed by atoms with Crippen molar-refractivity contribution >= 4 is 58.5 Å². The number of piperidine rings is 1. The van der Waals surface area contributed by atoms with E-state index >= 15 is 0 Å². The number of nitrogens with one attached hydrogen (secondary N) is 3. The normalized spacial score (nSPS) is 17.6. The van der Waals surface area contributed by atoms with Crippen molar-refractivity contribution in [2.45, 2.75) is 37.0 Å². The highest BCUT2D eigenvalue weighted by Gasteiger charge is 2.32. The molecule has 15 nitrogen and oxygen atoms in total. The molecule has 1 saturated carbocycles. The van der Waals surface area contributed by atoms with Crippen molar-refractivity contribution in [2.24, 2.45) is 13.0 Å². The van der Waals surface area contributed by atoms with Gasteiger partial charge in [0.1, 0.15) is 5.69 Å². The first-order valence-electron chi connectivity index (χ1n) is 17.2. The van der Waals surface area contributed by atoms with Gasteiger partial charge in [-0.1, -0.05) is 11.3 Å². The van der Waals surface area contributed by atoms with Crippen LogP contribution in [0.4, 0.5) is 17.2 Å². The van der Waals surface area contributed by atoms with E-state index in [1.54, 1.807) is 29.9 Å². The van der Waals surface area contributed by atoms with Crippen LogP contribution in [-0.4, -0.2) is 152 Å². The van der Waals surface area contributed by atoms with E-state index < -0.39 is 11.1 Å². The lowest BCUT2D eigenvalue weighted by Crippen LogP contribution is -2.54. The molecular formula is C33H41B3N10O5. The number of hydrogen-bond acceptors (Lipinski definition) is 11. The molecule has 0 spiro atoms. The number of ether oxygens (including phenoxy) is 1. The zero-order valence-corrected chi connectivity index (χ0v) is 29.0. The third-order valence-corrected chi connectivity index (χ3v) is 9.49. The van der Waals surface area contributed by atoms with Crippen molar-refractivity contribution in [3.63, 3.8) is 0 Å². The second kappa shape index (κ2) is 15.5. The van der Waals surface area contributed by atoms with Crippen molar-refractivity contribution in [3.8, 4) is 17.0 Å². The largest absolute Gasteiger partial charge is 0.494 e. The van der Waals surface area contributed by atoms with Crippen LogP contribution in [0.25, 0.3) is 11.3 Å². The molecule has 3 fully saturated rings. The van der Waals surface area contributed by atoms with Crippen LogP contribution in [0.5, 0.6) is 5.75 Å². The van der Waals surface area contributed by atoms with Crippen molar-refractivity contribution in [1.29, 1.82) is 0 Å². The molecule has 1 aliphatic carbocycles. The van der Waals surface area contributed by atoms with E-state index in [1.807, 2.05) is 11.0 Å². The molecule has 51 heavy (non-hydrogen) atoms. The number of para-hydroxylation sites is 1. The average Bonchev–Trinajstić information content (AvgIpc) is 3.89.